The number of hydrogen-bond donors (Lipinski definition) is 2. The van der Waals surface area contributed by atoms with Gasteiger partial charge in [-0.1, -0.05) is 39.5 Å². The third kappa shape index (κ3) is 4.51. The van der Waals surface area contributed by atoms with Crippen molar-refractivity contribution in [1.29, 1.82) is 0 Å². The molecule has 0 aliphatic heterocycles. The molecule has 0 spiro atoms. The number of amides is 2. The Balaban J connectivity index is 2.67. The van der Waals surface area contributed by atoms with Crippen LogP contribution in [0.3, 0.4) is 0 Å². The van der Waals surface area contributed by atoms with E-state index in [0.717, 1.165) is 18.8 Å². The summed E-state index contributed by atoms with van der Waals surface area (Å²) in [7, 11) is 1.62. The third-order valence-corrected chi connectivity index (χ3v) is 4.43. The second kappa shape index (κ2) is 7.51. The summed E-state index contributed by atoms with van der Waals surface area (Å²) in [6.07, 6.45) is 6.89. The quantitative estimate of drug-likeness (QED) is 0.742. The highest BCUT2D eigenvalue weighted by Crippen LogP contribution is 2.33. The predicted molar refractivity (Wildman–Crippen MR) is 76.3 cm³/mol. The molecule has 1 fully saturated rings. The summed E-state index contributed by atoms with van der Waals surface area (Å²) >= 11 is 0. The van der Waals surface area contributed by atoms with E-state index in [1.165, 1.54) is 25.7 Å². The molecule has 1 aliphatic rings. The molecular weight excluding hydrogens is 240 g/mol. The molecule has 0 radical (unpaired) electrons. The molecule has 1 rings (SSSR count). The van der Waals surface area contributed by atoms with Crippen molar-refractivity contribution in [2.24, 2.45) is 29.4 Å². The van der Waals surface area contributed by atoms with Crippen molar-refractivity contribution in [3.8, 4) is 0 Å². The van der Waals surface area contributed by atoms with Crippen LogP contribution in [0.4, 0.5) is 0 Å². The summed E-state index contributed by atoms with van der Waals surface area (Å²) in [4.78, 5) is 23.7. The van der Waals surface area contributed by atoms with Gasteiger partial charge in [0, 0.05) is 13.0 Å². The van der Waals surface area contributed by atoms with Crippen molar-refractivity contribution in [2.45, 2.75) is 52.4 Å². The fourth-order valence-corrected chi connectivity index (χ4v) is 3.33. The van der Waals surface area contributed by atoms with Crippen molar-refractivity contribution in [3.05, 3.63) is 0 Å². The molecule has 1 saturated carbocycles. The summed E-state index contributed by atoms with van der Waals surface area (Å²) < 4.78 is 0. The van der Waals surface area contributed by atoms with Gasteiger partial charge in [0.1, 0.15) is 0 Å². The Morgan fingerprint density at radius 1 is 1.26 bits per heavy atom. The first-order chi connectivity index (χ1) is 8.97. The van der Waals surface area contributed by atoms with Gasteiger partial charge in [-0.25, -0.2) is 0 Å². The van der Waals surface area contributed by atoms with Gasteiger partial charge < -0.3 is 11.1 Å². The maximum Gasteiger partial charge on any atom is 0.223 e. The Bertz CT molecular complexity index is 309. The first-order valence-electron chi connectivity index (χ1n) is 7.48. The second-order valence-electron chi connectivity index (χ2n) is 6.12. The van der Waals surface area contributed by atoms with Gasteiger partial charge in [-0.05, 0) is 24.7 Å². The van der Waals surface area contributed by atoms with Crippen molar-refractivity contribution in [3.63, 3.8) is 0 Å². The van der Waals surface area contributed by atoms with E-state index < -0.39 is 0 Å². The molecule has 0 heterocycles. The molecule has 0 aromatic carbocycles. The van der Waals surface area contributed by atoms with Crippen LogP contribution >= 0.6 is 0 Å². The Morgan fingerprint density at radius 3 is 2.26 bits per heavy atom. The molecule has 4 nitrogen and oxygen atoms in total. The zero-order chi connectivity index (χ0) is 14.4. The number of primary amides is 1. The fraction of sp³-hybridized carbons (Fsp3) is 0.867. The van der Waals surface area contributed by atoms with Crippen LogP contribution in [0.25, 0.3) is 0 Å². The van der Waals surface area contributed by atoms with E-state index >= 15 is 0 Å². The normalized spacial score (nSPS) is 19.4. The first-order valence-corrected chi connectivity index (χ1v) is 7.48. The highest BCUT2D eigenvalue weighted by molar-refractivity contribution is 5.86. The highest BCUT2D eigenvalue weighted by Gasteiger charge is 2.34. The fourth-order valence-electron chi connectivity index (χ4n) is 3.33. The van der Waals surface area contributed by atoms with E-state index in [4.69, 9.17) is 5.73 Å². The Morgan fingerprint density at radius 2 is 1.84 bits per heavy atom. The average molecular weight is 268 g/mol. The van der Waals surface area contributed by atoms with Crippen LogP contribution in [0, 0.1) is 23.7 Å². The molecule has 2 unspecified atom stereocenters. The van der Waals surface area contributed by atoms with E-state index in [1.807, 2.05) is 13.8 Å². The molecule has 1 aliphatic carbocycles. The third-order valence-electron chi connectivity index (χ3n) is 4.43. The van der Waals surface area contributed by atoms with Gasteiger partial charge in [-0.3, -0.25) is 9.59 Å². The number of carbonyl (C=O) groups is 2. The highest BCUT2D eigenvalue weighted by atomic mass is 16.2. The number of hydrogen-bond acceptors (Lipinski definition) is 2. The molecule has 3 N–H and O–H groups in total. The van der Waals surface area contributed by atoms with E-state index in [1.54, 1.807) is 7.05 Å². The van der Waals surface area contributed by atoms with Gasteiger partial charge in [0.25, 0.3) is 0 Å². The van der Waals surface area contributed by atoms with Crippen molar-refractivity contribution < 1.29 is 9.59 Å². The SMILES string of the molecule is CNC(=O)C(C(C)C)C(CCC1CCCC1)C(N)=O. The molecular formula is C15H28N2O2. The molecule has 0 aromatic heterocycles. The van der Waals surface area contributed by atoms with Crippen LogP contribution in [-0.4, -0.2) is 18.9 Å². The standard InChI is InChI=1S/C15H28N2O2/c1-10(2)13(15(19)17-3)12(14(16)18)9-8-11-6-4-5-7-11/h10-13H,4-9H2,1-3H3,(H2,16,18)(H,17,19). The Kier molecular flexibility index (Phi) is 6.32. The Hall–Kier alpha value is -1.06. The van der Waals surface area contributed by atoms with E-state index in [0.29, 0.717) is 0 Å². The summed E-state index contributed by atoms with van der Waals surface area (Å²) in [5, 5.41) is 2.66. The van der Waals surface area contributed by atoms with Gasteiger partial charge in [0.2, 0.25) is 11.8 Å². The maximum absolute atomic E-state index is 12.0. The van der Waals surface area contributed by atoms with Gasteiger partial charge in [-0.15, -0.1) is 0 Å². The van der Waals surface area contributed by atoms with Crippen molar-refractivity contribution in [1.82, 2.24) is 5.32 Å². The zero-order valence-corrected chi connectivity index (χ0v) is 12.4. The van der Waals surface area contributed by atoms with Crippen LogP contribution < -0.4 is 11.1 Å². The summed E-state index contributed by atoms with van der Waals surface area (Å²) in [5.74, 6) is -0.185. The van der Waals surface area contributed by atoms with Gasteiger partial charge >= 0.3 is 0 Å². The lowest BCUT2D eigenvalue weighted by atomic mass is 9.78. The van der Waals surface area contributed by atoms with Gasteiger partial charge in [0.05, 0.1) is 5.92 Å². The topological polar surface area (TPSA) is 72.2 Å². The van der Waals surface area contributed by atoms with Gasteiger partial charge in [-0.2, -0.15) is 0 Å². The summed E-state index contributed by atoms with van der Waals surface area (Å²) in [5.41, 5.74) is 5.53. The van der Waals surface area contributed by atoms with Crippen LogP contribution in [0.1, 0.15) is 52.4 Å². The van der Waals surface area contributed by atoms with E-state index in [2.05, 4.69) is 5.32 Å². The summed E-state index contributed by atoms with van der Waals surface area (Å²) in [6, 6.07) is 0. The molecule has 19 heavy (non-hydrogen) atoms. The van der Waals surface area contributed by atoms with E-state index in [9.17, 15) is 9.59 Å². The van der Waals surface area contributed by atoms with Crippen LogP contribution in [0.15, 0.2) is 0 Å². The number of carbonyl (C=O) groups excluding carboxylic acids is 2. The molecule has 2 amide bonds. The lowest BCUT2D eigenvalue weighted by molar-refractivity contribution is -0.135. The minimum absolute atomic E-state index is 0.0646. The molecule has 110 valence electrons. The predicted octanol–water partition coefficient (Wildman–Crippen LogP) is 2.08. The van der Waals surface area contributed by atoms with Gasteiger partial charge in [0.15, 0.2) is 0 Å². The molecule has 0 bridgehead atoms. The largest absolute Gasteiger partial charge is 0.369 e. The molecule has 0 aromatic rings. The Labute approximate surface area is 116 Å². The van der Waals surface area contributed by atoms with Crippen LogP contribution in [-0.2, 0) is 9.59 Å². The molecule has 0 saturated heterocycles. The summed E-state index contributed by atoms with van der Waals surface area (Å²) in [6.45, 7) is 3.96. The van der Waals surface area contributed by atoms with E-state index in [-0.39, 0.29) is 29.6 Å². The van der Waals surface area contributed by atoms with Crippen molar-refractivity contribution >= 4 is 11.8 Å². The van der Waals surface area contributed by atoms with Crippen LogP contribution in [0.2, 0.25) is 0 Å². The molecule has 2 atom stereocenters. The lowest BCUT2D eigenvalue weighted by Gasteiger charge is -2.27. The lowest BCUT2D eigenvalue weighted by Crippen LogP contribution is -2.42. The van der Waals surface area contributed by atoms with Crippen LogP contribution in [0.5, 0.6) is 0 Å². The average Bonchev–Trinajstić information content (AvgIpc) is 2.85. The minimum Gasteiger partial charge on any atom is -0.369 e. The zero-order valence-electron chi connectivity index (χ0n) is 12.4. The minimum atomic E-state index is -0.333. The number of nitrogens with one attached hydrogen (secondary N) is 1. The van der Waals surface area contributed by atoms with Crippen molar-refractivity contribution in [2.75, 3.05) is 7.05 Å². The first kappa shape index (κ1) is 16.0. The number of rotatable bonds is 7. The maximum atomic E-state index is 12.0. The number of nitrogens with two attached hydrogens (primary N) is 1. The second-order valence-corrected chi connectivity index (χ2v) is 6.12. The monoisotopic (exact) mass is 268 g/mol. The smallest absolute Gasteiger partial charge is 0.223 e. The molecule has 4 heteroatoms.